The fourth-order valence-electron chi connectivity index (χ4n) is 2.75. The van der Waals surface area contributed by atoms with Gasteiger partial charge in [-0.05, 0) is 38.3 Å². The third kappa shape index (κ3) is 2.85. The van der Waals surface area contributed by atoms with Crippen molar-refractivity contribution in [3.05, 3.63) is 51.2 Å². The molecule has 1 N–H and O–H groups in total. The molecular formula is C17H14FN3OS2. The van der Waals surface area contributed by atoms with Crippen molar-refractivity contribution in [2.24, 2.45) is 0 Å². The van der Waals surface area contributed by atoms with Gasteiger partial charge in [0.25, 0.3) is 5.91 Å². The molecular weight excluding hydrogens is 345 g/mol. The van der Waals surface area contributed by atoms with Crippen LogP contribution in [0.15, 0.2) is 24.3 Å². The molecule has 2 heterocycles. The molecule has 1 aliphatic rings. The van der Waals surface area contributed by atoms with E-state index in [-0.39, 0.29) is 11.7 Å². The van der Waals surface area contributed by atoms with Crippen LogP contribution in [0.4, 0.5) is 9.52 Å². The Kier molecular flexibility index (Phi) is 3.90. The summed E-state index contributed by atoms with van der Waals surface area (Å²) in [6, 6.07) is 6.23. The highest BCUT2D eigenvalue weighted by Gasteiger charge is 2.21. The lowest BCUT2D eigenvalue weighted by atomic mass is 10.2. The minimum absolute atomic E-state index is 0.208. The van der Waals surface area contributed by atoms with Gasteiger partial charge in [-0.3, -0.25) is 10.1 Å². The Balaban J connectivity index is 1.58. The van der Waals surface area contributed by atoms with Crippen molar-refractivity contribution in [3.8, 4) is 10.6 Å². The quantitative estimate of drug-likeness (QED) is 0.751. The summed E-state index contributed by atoms with van der Waals surface area (Å²) in [6.07, 6.45) is 3.19. The maximum Gasteiger partial charge on any atom is 0.269 e. The third-order valence-electron chi connectivity index (χ3n) is 3.89. The number of hydrogen-bond donors (Lipinski definition) is 1. The maximum absolute atomic E-state index is 13.4. The number of aromatic nitrogens is 2. The topological polar surface area (TPSA) is 54.9 Å². The van der Waals surface area contributed by atoms with Gasteiger partial charge in [0.1, 0.15) is 15.7 Å². The minimum atomic E-state index is -0.316. The van der Waals surface area contributed by atoms with E-state index in [1.807, 2.05) is 0 Å². The number of anilines is 1. The van der Waals surface area contributed by atoms with E-state index < -0.39 is 0 Å². The van der Waals surface area contributed by atoms with Crippen LogP contribution in [0.25, 0.3) is 10.6 Å². The van der Waals surface area contributed by atoms with Gasteiger partial charge in [-0.2, -0.15) is 0 Å². The molecule has 2 aromatic heterocycles. The molecule has 0 radical (unpaired) electrons. The van der Waals surface area contributed by atoms with Crippen molar-refractivity contribution in [1.82, 2.24) is 9.97 Å². The van der Waals surface area contributed by atoms with Gasteiger partial charge in [0.15, 0.2) is 5.13 Å². The maximum atomic E-state index is 13.4. The van der Waals surface area contributed by atoms with E-state index in [9.17, 15) is 9.18 Å². The van der Waals surface area contributed by atoms with Crippen LogP contribution < -0.4 is 5.32 Å². The second-order valence-corrected chi connectivity index (χ2v) is 7.72. The fraction of sp³-hybridized carbons (Fsp3) is 0.235. The molecule has 0 fully saturated rings. The highest BCUT2D eigenvalue weighted by atomic mass is 32.1. The molecule has 0 bridgehead atoms. The Hall–Kier alpha value is -2.12. The molecule has 4 nitrogen and oxygen atoms in total. The molecule has 0 saturated carbocycles. The van der Waals surface area contributed by atoms with Crippen LogP contribution in [-0.4, -0.2) is 15.9 Å². The number of thiazole rings is 2. The van der Waals surface area contributed by atoms with Gasteiger partial charge in [-0.1, -0.05) is 12.1 Å². The first kappa shape index (κ1) is 15.4. The van der Waals surface area contributed by atoms with E-state index in [2.05, 4.69) is 15.3 Å². The average Bonchev–Trinajstić information content (AvgIpc) is 3.21. The molecule has 1 amide bonds. The molecule has 0 aliphatic heterocycles. The lowest BCUT2D eigenvalue weighted by Gasteiger charge is -1.99. The summed E-state index contributed by atoms with van der Waals surface area (Å²) in [5, 5.41) is 4.15. The zero-order valence-corrected chi connectivity index (χ0v) is 14.6. The number of nitrogens with one attached hydrogen (secondary N) is 1. The molecule has 0 atom stereocenters. The molecule has 4 rings (SSSR count). The molecule has 0 spiro atoms. The second kappa shape index (κ2) is 6.07. The van der Waals surface area contributed by atoms with Crippen LogP contribution in [-0.2, 0) is 12.8 Å². The number of fused-ring (bicyclic) bond motifs is 1. The molecule has 0 saturated heterocycles. The van der Waals surface area contributed by atoms with Crippen LogP contribution in [0, 0.1) is 12.7 Å². The molecule has 122 valence electrons. The Bertz CT molecular complexity index is 910. The van der Waals surface area contributed by atoms with E-state index in [4.69, 9.17) is 0 Å². The first-order valence-corrected chi connectivity index (χ1v) is 9.27. The van der Waals surface area contributed by atoms with Crippen molar-refractivity contribution in [1.29, 1.82) is 0 Å². The van der Waals surface area contributed by atoms with E-state index in [0.717, 1.165) is 25.0 Å². The standard InChI is InChI=1S/C17H14FN3OS2/c1-9-14(24-16(19-9)10-4-2-5-11(18)8-10)15(22)21-17-20-12-6-3-7-13(12)23-17/h2,4-5,8H,3,6-7H2,1H3,(H,20,21,22). The lowest BCUT2D eigenvalue weighted by Crippen LogP contribution is -2.11. The summed E-state index contributed by atoms with van der Waals surface area (Å²) in [5.74, 6) is -0.524. The third-order valence-corrected chi connectivity index (χ3v) is 6.17. The van der Waals surface area contributed by atoms with Crippen LogP contribution >= 0.6 is 22.7 Å². The van der Waals surface area contributed by atoms with Gasteiger partial charge in [-0.25, -0.2) is 14.4 Å². The van der Waals surface area contributed by atoms with Crippen LogP contribution in [0.1, 0.15) is 32.4 Å². The Labute approximate surface area is 146 Å². The van der Waals surface area contributed by atoms with Crippen molar-refractivity contribution in [3.63, 3.8) is 0 Å². The first-order chi connectivity index (χ1) is 11.6. The van der Waals surface area contributed by atoms with Crippen LogP contribution in [0.2, 0.25) is 0 Å². The average molecular weight is 359 g/mol. The number of halogens is 1. The zero-order chi connectivity index (χ0) is 16.7. The van der Waals surface area contributed by atoms with Gasteiger partial charge in [0.2, 0.25) is 0 Å². The van der Waals surface area contributed by atoms with E-state index >= 15 is 0 Å². The highest BCUT2D eigenvalue weighted by molar-refractivity contribution is 7.18. The van der Waals surface area contributed by atoms with Crippen molar-refractivity contribution in [2.45, 2.75) is 26.2 Å². The Morgan fingerprint density at radius 3 is 2.92 bits per heavy atom. The number of amides is 1. The van der Waals surface area contributed by atoms with Gasteiger partial charge in [0.05, 0.1) is 11.4 Å². The number of nitrogens with zero attached hydrogens (tertiary/aromatic N) is 2. The van der Waals surface area contributed by atoms with Gasteiger partial charge in [0, 0.05) is 10.4 Å². The predicted octanol–water partition coefficient (Wildman–Crippen LogP) is 4.46. The molecule has 1 aromatic carbocycles. The monoisotopic (exact) mass is 359 g/mol. The second-order valence-electron chi connectivity index (χ2n) is 5.64. The summed E-state index contributed by atoms with van der Waals surface area (Å²) < 4.78 is 13.4. The molecule has 1 aliphatic carbocycles. The summed E-state index contributed by atoms with van der Waals surface area (Å²) in [6.45, 7) is 1.79. The van der Waals surface area contributed by atoms with Crippen molar-refractivity contribution >= 4 is 33.7 Å². The van der Waals surface area contributed by atoms with E-state index in [0.29, 0.717) is 26.3 Å². The summed E-state index contributed by atoms with van der Waals surface area (Å²) in [7, 11) is 0. The van der Waals surface area contributed by atoms with E-state index in [1.54, 1.807) is 30.4 Å². The number of benzene rings is 1. The number of aryl methyl sites for hydroxylation is 3. The minimum Gasteiger partial charge on any atom is -0.297 e. The Morgan fingerprint density at radius 2 is 2.12 bits per heavy atom. The highest BCUT2D eigenvalue weighted by Crippen LogP contribution is 2.32. The SMILES string of the molecule is Cc1nc(-c2cccc(F)c2)sc1C(=O)Nc1nc2c(s1)CCC2. The van der Waals surface area contributed by atoms with Gasteiger partial charge >= 0.3 is 0 Å². The summed E-state index contributed by atoms with van der Waals surface area (Å²) in [4.78, 5) is 23.2. The number of carbonyl (C=O) groups excluding carboxylic acids is 1. The largest absolute Gasteiger partial charge is 0.297 e. The fourth-order valence-corrected chi connectivity index (χ4v) is 4.75. The number of carbonyl (C=O) groups is 1. The Morgan fingerprint density at radius 1 is 1.25 bits per heavy atom. The predicted molar refractivity (Wildman–Crippen MR) is 94.3 cm³/mol. The smallest absolute Gasteiger partial charge is 0.269 e. The van der Waals surface area contributed by atoms with E-state index in [1.165, 1.54) is 28.3 Å². The molecule has 7 heteroatoms. The number of hydrogen-bond acceptors (Lipinski definition) is 5. The van der Waals surface area contributed by atoms with Crippen LogP contribution in [0.5, 0.6) is 0 Å². The van der Waals surface area contributed by atoms with Crippen LogP contribution in [0.3, 0.4) is 0 Å². The van der Waals surface area contributed by atoms with Crippen molar-refractivity contribution in [2.75, 3.05) is 5.32 Å². The van der Waals surface area contributed by atoms with Gasteiger partial charge < -0.3 is 0 Å². The lowest BCUT2D eigenvalue weighted by molar-refractivity contribution is 0.103. The molecule has 0 unspecified atom stereocenters. The zero-order valence-electron chi connectivity index (χ0n) is 12.9. The number of rotatable bonds is 3. The molecule has 3 aromatic rings. The van der Waals surface area contributed by atoms with Gasteiger partial charge in [-0.15, -0.1) is 22.7 Å². The summed E-state index contributed by atoms with van der Waals surface area (Å²) >= 11 is 2.81. The first-order valence-electron chi connectivity index (χ1n) is 7.63. The van der Waals surface area contributed by atoms with Crippen molar-refractivity contribution < 1.29 is 9.18 Å². The normalized spacial score (nSPS) is 13.1. The summed E-state index contributed by atoms with van der Waals surface area (Å²) in [5.41, 5.74) is 2.42. The molecule has 24 heavy (non-hydrogen) atoms.